The van der Waals surface area contributed by atoms with Gasteiger partial charge in [-0.25, -0.2) is 0 Å². The van der Waals surface area contributed by atoms with Crippen molar-refractivity contribution >= 4 is 23.2 Å². The fourth-order valence-corrected chi connectivity index (χ4v) is 8.51. The molecule has 0 radical (unpaired) electrons. The molecule has 1 heterocycles. The molecular formula is C41H63Cl2NO4. The molecule has 5 nitrogen and oxygen atoms in total. The van der Waals surface area contributed by atoms with Crippen LogP contribution in [0.3, 0.4) is 0 Å². The fraction of sp³-hybridized carbons (Fsp3) is 0.707. The summed E-state index contributed by atoms with van der Waals surface area (Å²) < 4.78 is 17.0. The number of hydrogen-bond donors (Lipinski definition) is 2. The van der Waals surface area contributed by atoms with Crippen LogP contribution >= 0.6 is 23.2 Å². The van der Waals surface area contributed by atoms with Crippen molar-refractivity contribution < 1.29 is 19.3 Å². The summed E-state index contributed by atoms with van der Waals surface area (Å²) in [5.41, 5.74) is 11.8. The number of methoxy groups -OCH3 is 2. The van der Waals surface area contributed by atoms with E-state index in [1.807, 2.05) is 13.2 Å². The summed E-state index contributed by atoms with van der Waals surface area (Å²) >= 11 is 13.2. The van der Waals surface area contributed by atoms with Gasteiger partial charge in [0.25, 0.3) is 0 Å². The van der Waals surface area contributed by atoms with E-state index in [1.165, 1.54) is 16.7 Å². The molecule has 2 aromatic rings. The monoisotopic (exact) mass is 703 g/mol. The van der Waals surface area contributed by atoms with Crippen molar-refractivity contribution in [3.05, 3.63) is 68.7 Å². The van der Waals surface area contributed by atoms with Crippen molar-refractivity contribution in [3.63, 3.8) is 0 Å². The van der Waals surface area contributed by atoms with Gasteiger partial charge >= 0.3 is 0 Å². The number of aliphatic hydroxyl groups excluding tert-OH is 1. The number of hydrogen-bond acceptors (Lipinski definition) is 5. The van der Waals surface area contributed by atoms with E-state index in [9.17, 15) is 5.11 Å². The maximum absolute atomic E-state index is 9.83. The molecule has 7 heteroatoms. The topological polar surface area (TPSA) is 73.9 Å². The molecule has 0 amide bonds. The molecule has 3 N–H and O–H groups in total. The lowest BCUT2D eigenvalue weighted by atomic mass is 9.63. The second-order valence-electron chi connectivity index (χ2n) is 17.3. The summed E-state index contributed by atoms with van der Waals surface area (Å²) in [6, 6.07) is 13.0. The number of nitrogens with two attached hydrogens (primary N) is 1. The molecule has 1 aliphatic heterocycles. The Kier molecular flexibility index (Phi) is 13.6. The highest BCUT2D eigenvalue weighted by atomic mass is 35.5. The van der Waals surface area contributed by atoms with Gasteiger partial charge in [-0.2, -0.15) is 0 Å². The Morgan fingerprint density at radius 3 is 1.85 bits per heavy atom. The summed E-state index contributed by atoms with van der Waals surface area (Å²) in [5, 5.41) is 11.5. The lowest BCUT2D eigenvalue weighted by Gasteiger charge is -2.43. The van der Waals surface area contributed by atoms with E-state index in [2.05, 4.69) is 71.9 Å². The number of halogens is 2. The largest absolute Gasteiger partial charge is 0.396 e. The number of aliphatic hydroxyl groups is 1. The van der Waals surface area contributed by atoms with Crippen LogP contribution in [0, 0.1) is 22.7 Å². The third-order valence-electron chi connectivity index (χ3n) is 11.5. The minimum atomic E-state index is -0.532. The molecule has 270 valence electrons. The van der Waals surface area contributed by atoms with Crippen LogP contribution in [-0.2, 0) is 38.0 Å². The van der Waals surface area contributed by atoms with Crippen LogP contribution in [0.1, 0.15) is 115 Å². The first-order chi connectivity index (χ1) is 22.5. The van der Waals surface area contributed by atoms with Gasteiger partial charge in [0.2, 0.25) is 0 Å². The van der Waals surface area contributed by atoms with Crippen molar-refractivity contribution in [1.82, 2.24) is 0 Å². The lowest BCUT2D eigenvalue weighted by Crippen LogP contribution is -2.50. The van der Waals surface area contributed by atoms with E-state index in [-0.39, 0.29) is 29.5 Å². The second kappa shape index (κ2) is 16.4. The van der Waals surface area contributed by atoms with Crippen LogP contribution in [0.4, 0.5) is 0 Å². The Morgan fingerprint density at radius 2 is 1.33 bits per heavy atom. The minimum absolute atomic E-state index is 0.00677. The fourth-order valence-electron chi connectivity index (χ4n) is 7.96. The van der Waals surface area contributed by atoms with Gasteiger partial charge in [-0.1, -0.05) is 89.0 Å². The number of rotatable bonds is 9. The molecule has 6 unspecified atom stereocenters. The molecule has 3 aliphatic rings. The van der Waals surface area contributed by atoms with Crippen molar-refractivity contribution in [2.45, 2.75) is 129 Å². The molecule has 2 aromatic carbocycles. The summed E-state index contributed by atoms with van der Waals surface area (Å²) in [5.74, 6) is 0.542. The van der Waals surface area contributed by atoms with E-state index in [1.54, 1.807) is 7.11 Å². The number of benzene rings is 2. The molecule has 2 aliphatic carbocycles. The zero-order valence-corrected chi connectivity index (χ0v) is 32.5. The SMILES string of the molecule is COC1CCC(N)(c2ccc(CCC(C)(C)C)c(Cl)c2)C(CO)C1.COC1CCC2(c3ccc(CCC(C)(C)C)c(Cl)c3)COCC2C1. The molecule has 0 bridgehead atoms. The summed E-state index contributed by atoms with van der Waals surface area (Å²) in [4.78, 5) is 0. The minimum Gasteiger partial charge on any atom is -0.396 e. The Morgan fingerprint density at radius 1 is 0.812 bits per heavy atom. The molecule has 0 spiro atoms. The maximum Gasteiger partial charge on any atom is 0.0576 e. The maximum atomic E-state index is 9.83. The van der Waals surface area contributed by atoms with Crippen LogP contribution in [0.2, 0.25) is 10.0 Å². The highest BCUT2D eigenvalue weighted by molar-refractivity contribution is 6.31. The third-order valence-corrected chi connectivity index (χ3v) is 12.2. The Balaban J connectivity index is 0.000000217. The van der Waals surface area contributed by atoms with Gasteiger partial charge in [0.1, 0.15) is 0 Å². The molecule has 2 saturated carbocycles. The first kappa shape index (κ1) is 39.6. The van der Waals surface area contributed by atoms with Crippen LogP contribution in [0.5, 0.6) is 0 Å². The van der Waals surface area contributed by atoms with Gasteiger partial charge in [-0.05, 0) is 115 Å². The van der Waals surface area contributed by atoms with Gasteiger partial charge in [0, 0.05) is 47.7 Å². The van der Waals surface area contributed by atoms with Gasteiger partial charge in [-0.3, -0.25) is 0 Å². The van der Waals surface area contributed by atoms with E-state index in [0.29, 0.717) is 17.4 Å². The first-order valence-corrected chi connectivity index (χ1v) is 18.9. The molecule has 5 rings (SSSR count). The highest BCUT2D eigenvalue weighted by Crippen LogP contribution is 2.49. The van der Waals surface area contributed by atoms with Gasteiger partial charge in [0.15, 0.2) is 0 Å². The smallest absolute Gasteiger partial charge is 0.0576 e. The van der Waals surface area contributed by atoms with E-state index >= 15 is 0 Å². The van der Waals surface area contributed by atoms with Crippen molar-refractivity contribution in [3.8, 4) is 0 Å². The Bertz CT molecular complexity index is 1330. The third kappa shape index (κ3) is 9.78. The normalized spacial score (nSPS) is 29.2. The van der Waals surface area contributed by atoms with Crippen LogP contribution in [-0.4, -0.2) is 51.4 Å². The molecule has 48 heavy (non-hydrogen) atoms. The summed E-state index contributed by atoms with van der Waals surface area (Å²) in [6.45, 7) is 15.3. The highest BCUT2D eigenvalue weighted by Gasteiger charge is 2.49. The van der Waals surface area contributed by atoms with Gasteiger partial charge in [-0.15, -0.1) is 0 Å². The number of aryl methyl sites for hydroxylation is 2. The standard InChI is InChI=1S/C21H31ClO2.C20H32ClNO2/c1-20(2,3)9-7-15-5-6-16(12-19(15)22)21-10-8-18(23-4)11-17(21)13-24-14-21;1-19(2,3)9-7-14-5-6-15(12-18(14)21)20(22)10-8-17(24-4)11-16(20)13-23/h5-6,12,17-18H,7-11,13-14H2,1-4H3;5-6,12,16-17,23H,7-11,13,22H2,1-4H3. The molecule has 6 atom stereocenters. The lowest BCUT2D eigenvalue weighted by molar-refractivity contribution is -0.00188. The second-order valence-corrected chi connectivity index (χ2v) is 18.1. The zero-order valence-electron chi connectivity index (χ0n) is 31.0. The van der Waals surface area contributed by atoms with Crippen LogP contribution < -0.4 is 5.73 Å². The van der Waals surface area contributed by atoms with Crippen LogP contribution in [0.25, 0.3) is 0 Å². The number of fused-ring (bicyclic) bond motifs is 1. The average Bonchev–Trinajstić information content (AvgIpc) is 3.47. The quantitative estimate of drug-likeness (QED) is 0.272. The predicted octanol–water partition coefficient (Wildman–Crippen LogP) is 9.68. The number of ether oxygens (including phenoxy) is 3. The van der Waals surface area contributed by atoms with E-state index < -0.39 is 5.54 Å². The Hall–Kier alpha value is -1.18. The van der Waals surface area contributed by atoms with Crippen molar-refractivity contribution in [2.24, 2.45) is 28.4 Å². The van der Waals surface area contributed by atoms with E-state index in [4.69, 9.17) is 43.1 Å². The average molecular weight is 705 g/mol. The molecular weight excluding hydrogens is 641 g/mol. The summed E-state index contributed by atoms with van der Waals surface area (Å²) in [6.07, 6.45) is 10.7. The van der Waals surface area contributed by atoms with Crippen LogP contribution in [0.15, 0.2) is 36.4 Å². The van der Waals surface area contributed by atoms with Gasteiger partial charge in [0.05, 0.1) is 25.4 Å². The van der Waals surface area contributed by atoms with Crippen molar-refractivity contribution in [2.75, 3.05) is 34.0 Å². The molecule has 0 aromatic heterocycles. The molecule has 3 fully saturated rings. The zero-order chi connectivity index (χ0) is 35.3. The van der Waals surface area contributed by atoms with Crippen molar-refractivity contribution in [1.29, 1.82) is 0 Å². The predicted molar refractivity (Wildman–Crippen MR) is 200 cm³/mol. The van der Waals surface area contributed by atoms with Gasteiger partial charge < -0.3 is 25.1 Å². The summed E-state index contributed by atoms with van der Waals surface area (Å²) in [7, 11) is 3.55. The first-order valence-electron chi connectivity index (χ1n) is 18.1. The van der Waals surface area contributed by atoms with E-state index in [0.717, 1.165) is 93.0 Å². The Labute approximate surface area is 301 Å². The molecule has 1 saturated heterocycles.